The van der Waals surface area contributed by atoms with E-state index in [1.807, 2.05) is 0 Å². The zero-order valence-corrected chi connectivity index (χ0v) is 10.3. The highest BCUT2D eigenvalue weighted by Crippen LogP contribution is 2.12. The molecule has 1 atom stereocenters. The van der Waals surface area contributed by atoms with E-state index in [0.717, 1.165) is 24.6 Å². The van der Waals surface area contributed by atoms with E-state index in [-0.39, 0.29) is 11.7 Å². The molecule has 3 nitrogen and oxygen atoms in total. The van der Waals surface area contributed by atoms with E-state index in [4.69, 9.17) is 10.2 Å². The van der Waals surface area contributed by atoms with Crippen molar-refractivity contribution in [1.29, 1.82) is 0 Å². The molecule has 0 fully saturated rings. The fraction of sp³-hybridized carbons (Fsp3) is 0.909. The summed E-state index contributed by atoms with van der Waals surface area (Å²) in [6, 6.07) is 0. The monoisotopic (exact) mass is 234 g/mol. The van der Waals surface area contributed by atoms with Crippen LogP contribution in [0.1, 0.15) is 45.4 Å². The summed E-state index contributed by atoms with van der Waals surface area (Å²) in [5.41, 5.74) is 0. The lowest BCUT2D eigenvalue weighted by Crippen LogP contribution is -2.15. The largest absolute Gasteiger partial charge is 0.394 e. The number of rotatable bonds is 9. The fourth-order valence-corrected chi connectivity index (χ4v) is 1.96. The highest BCUT2D eigenvalue weighted by atomic mass is 32.2. The molecule has 0 bridgehead atoms. The Morgan fingerprint density at radius 2 is 1.93 bits per heavy atom. The predicted octanol–water partition coefficient (Wildman–Crippen LogP) is 1.96. The summed E-state index contributed by atoms with van der Waals surface area (Å²) < 4.78 is 0. The van der Waals surface area contributed by atoms with Crippen LogP contribution in [0.5, 0.6) is 0 Å². The van der Waals surface area contributed by atoms with E-state index < -0.39 is 6.10 Å². The summed E-state index contributed by atoms with van der Waals surface area (Å²) in [5, 5.41) is 17.7. The Hall–Kier alpha value is -0.0600. The Kier molecular flexibility index (Phi) is 10.4. The van der Waals surface area contributed by atoms with Gasteiger partial charge in [-0.1, -0.05) is 44.4 Å². The molecule has 0 aliphatic heterocycles. The minimum absolute atomic E-state index is 0.124. The van der Waals surface area contributed by atoms with Crippen LogP contribution in [-0.2, 0) is 4.79 Å². The maximum atomic E-state index is 11.3. The molecule has 0 amide bonds. The summed E-state index contributed by atoms with van der Waals surface area (Å²) in [5.74, 6) is 0.310. The average Bonchev–Trinajstić information content (AvgIpc) is 2.25. The molecule has 90 valence electrons. The van der Waals surface area contributed by atoms with E-state index in [1.165, 1.54) is 19.3 Å². The van der Waals surface area contributed by atoms with Crippen LogP contribution in [0, 0.1) is 0 Å². The van der Waals surface area contributed by atoms with Crippen molar-refractivity contribution in [3.05, 3.63) is 0 Å². The predicted molar refractivity (Wildman–Crippen MR) is 63.9 cm³/mol. The number of aliphatic hydroxyl groups is 2. The van der Waals surface area contributed by atoms with Gasteiger partial charge in [0, 0.05) is 12.2 Å². The summed E-state index contributed by atoms with van der Waals surface area (Å²) in [7, 11) is 0. The van der Waals surface area contributed by atoms with Gasteiger partial charge in [0.25, 0.3) is 0 Å². The number of carbonyl (C=O) groups excluding carboxylic acids is 1. The number of unbranched alkanes of at least 4 members (excludes halogenated alkanes) is 4. The van der Waals surface area contributed by atoms with Crippen LogP contribution in [0.2, 0.25) is 0 Å². The summed E-state index contributed by atoms with van der Waals surface area (Å²) in [6.45, 7) is 1.90. The molecular weight excluding hydrogens is 212 g/mol. The molecule has 0 saturated carbocycles. The Morgan fingerprint density at radius 1 is 1.27 bits per heavy atom. The summed E-state index contributed by atoms with van der Waals surface area (Å²) in [6.07, 6.45) is 5.54. The van der Waals surface area contributed by atoms with E-state index in [2.05, 4.69) is 6.92 Å². The molecule has 0 aromatic carbocycles. The van der Waals surface area contributed by atoms with Gasteiger partial charge in [-0.05, 0) is 6.42 Å². The number of hydrogen-bond donors (Lipinski definition) is 2. The molecule has 0 aliphatic carbocycles. The van der Waals surface area contributed by atoms with Crippen molar-refractivity contribution in [2.45, 2.75) is 51.6 Å². The number of aliphatic hydroxyl groups excluding tert-OH is 2. The first kappa shape index (κ1) is 14.9. The highest BCUT2D eigenvalue weighted by molar-refractivity contribution is 8.13. The van der Waals surface area contributed by atoms with Crippen LogP contribution in [0.4, 0.5) is 0 Å². The molecule has 0 aliphatic rings. The van der Waals surface area contributed by atoms with Gasteiger partial charge >= 0.3 is 0 Å². The maximum Gasteiger partial charge on any atom is 0.189 e. The average molecular weight is 234 g/mol. The summed E-state index contributed by atoms with van der Waals surface area (Å²) in [4.78, 5) is 11.3. The van der Waals surface area contributed by atoms with Gasteiger partial charge in [-0.3, -0.25) is 4.79 Å². The smallest absolute Gasteiger partial charge is 0.189 e. The molecule has 0 radical (unpaired) electrons. The lowest BCUT2D eigenvalue weighted by molar-refractivity contribution is -0.111. The van der Waals surface area contributed by atoms with Gasteiger partial charge < -0.3 is 10.2 Å². The van der Waals surface area contributed by atoms with Crippen molar-refractivity contribution >= 4 is 16.9 Å². The van der Waals surface area contributed by atoms with Gasteiger partial charge in [0.15, 0.2) is 5.12 Å². The molecule has 1 unspecified atom stereocenters. The SMILES string of the molecule is CCCCCCCC(=O)SCC(O)CO. The second kappa shape index (κ2) is 10.5. The van der Waals surface area contributed by atoms with Gasteiger partial charge in [0.05, 0.1) is 12.7 Å². The topological polar surface area (TPSA) is 57.5 Å². The van der Waals surface area contributed by atoms with Crippen LogP contribution < -0.4 is 0 Å². The van der Waals surface area contributed by atoms with Gasteiger partial charge in [-0.15, -0.1) is 0 Å². The lowest BCUT2D eigenvalue weighted by Gasteiger charge is -2.05. The third-order valence-corrected chi connectivity index (χ3v) is 3.21. The molecule has 0 saturated heterocycles. The third-order valence-electron chi connectivity index (χ3n) is 2.13. The van der Waals surface area contributed by atoms with E-state index in [1.54, 1.807) is 0 Å². The number of thioether (sulfide) groups is 1. The Bertz CT molecular complexity index is 162. The molecule has 0 spiro atoms. The van der Waals surface area contributed by atoms with Crippen LogP contribution in [0.25, 0.3) is 0 Å². The highest BCUT2D eigenvalue weighted by Gasteiger charge is 2.07. The minimum Gasteiger partial charge on any atom is -0.394 e. The zero-order valence-electron chi connectivity index (χ0n) is 9.45. The first-order valence-corrected chi connectivity index (χ1v) is 6.63. The third kappa shape index (κ3) is 10.2. The van der Waals surface area contributed by atoms with Crippen molar-refractivity contribution in [1.82, 2.24) is 0 Å². The standard InChI is InChI=1S/C11H22O3S/c1-2-3-4-5-6-7-11(14)15-9-10(13)8-12/h10,12-13H,2-9H2,1H3. The Labute approximate surface area is 96.3 Å². The Morgan fingerprint density at radius 3 is 2.53 bits per heavy atom. The zero-order chi connectivity index (χ0) is 11.5. The van der Waals surface area contributed by atoms with Crippen molar-refractivity contribution in [2.75, 3.05) is 12.4 Å². The molecule has 15 heavy (non-hydrogen) atoms. The van der Waals surface area contributed by atoms with Crippen molar-refractivity contribution < 1.29 is 15.0 Å². The van der Waals surface area contributed by atoms with Crippen LogP contribution >= 0.6 is 11.8 Å². The minimum atomic E-state index is -0.765. The van der Waals surface area contributed by atoms with Gasteiger partial charge in [0.2, 0.25) is 0 Å². The fourth-order valence-electron chi connectivity index (χ4n) is 1.19. The molecule has 0 rings (SSSR count). The van der Waals surface area contributed by atoms with E-state index in [0.29, 0.717) is 12.2 Å². The maximum absolute atomic E-state index is 11.3. The molecule has 0 aromatic rings. The Balaban J connectivity index is 3.26. The second-order valence-corrected chi connectivity index (χ2v) is 4.76. The lowest BCUT2D eigenvalue weighted by atomic mass is 10.1. The first-order valence-electron chi connectivity index (χ1n) is 5.65. The van der Waals surface area contributed by atoms with Gasteiger partial charge in [-0.25, -0.2) is 0 Å². The molecule has 4 heteroatoms. The molecule has 0 aromatic heterocycles. The van der Waals surface area contributed by atoms with Gasteiger partial charge in [-0.2, -0.15) is 0 Å². The number of carbonyl (C=O) groups is 1. The van der Waals surface area contributed by atoms with E-state index >= 15 is 0 Å². The molecule has 0 heterocycles. The van der Waals surface area contributed by atoms with Crippen LogP contribution in [-0.4, -0.2) is 33.8 Å². The van der Waals surface area contributed by atoms with Crippen molar-refractivity contribution in [3.63, 3.8) is 0 Å². The molecule has 2 N–H and O–H groups in total. The van der Waals surface area contributed by atoms with Crippen LogP contribution in [0.3, 0.4) is 0 Å². The van der Waals surface area contributed by atoms with Crippen molar-refractivity contribution in [3.8, 4) is 0 Å². The van der Waals surface area contributed by atoms with E-state index in [9.17, 15) is 4.79 Å². The van der Waals surface area contributed by atoms with Crippen molar-refractivity contribution in [2.24, 2.45) is 0 Å². The first-order chi connectivity index (χ1) is 7.20. The van der Waals surface area contributed by atoms with Crippen LogP contribution in [0.15, 0.2) is 0 Å². The second-order valence-electron chi connectivity index (χ2n) is 3.68. The summed E-state index contributed by atoms with van der Waals surface area (Å²) >= 11 is 1.12. The number of hydrogen-bond acceptors (Lipinski definition) is 4. The van der Waals surface area contributed by atoms with Gasteiger partial charge in [0.1, 0.15) is 0 Å². The molecular formula is C11H22O3S. The quantitative estimate of drug-likeness (QED) is 0.599. The normalized spacial score (nSPS) is 12.7.